The van der Waals surface area contributed by atoms with E-state index >= 15 is 0 Å². The van der Waals surface area contributed by atoms with E-state index in [2.05, 4.69) is 21.2 Å². The molecule has 6 heteroatoms. The third kappa shape index (κ3) is 3.88. The molecule has 4 nitrogen and oxygen atoms in total. The van der Waals surface area contributed by atoms with Crippen LogP contribution in [-0.4, -0.2) is 22.7 Å². The highest BCUT2D eigenvalue weighted by atomic mass is 79.9. The smallest absolute Gasteiger partial charge is 0.295 e. The number of halogens is 1. The van der Waals surface area contributed by atoms with Gasteiger partial charge in [-0.3, -0.25) is 14.5 Å². The molecule has 0 spiro atoms. The molecule has 1 heterocycles. The molecule has 24 heavy (non-hydrogen) atoms. The van der Waals surface area contributed by atoms with Crippen LogP contribution in [-0.2, 0) is 4.79 Å². The van der Waals surface area contributed by atoms with Crippen LogP contribution in [0.15, 0.2) is 57.9 Å². The maximum atomic E-state index is 12.4. The third-order valence-electron chi connectivity index (χ3n) is 3.51. The van der Waals surface area contributed by atoms with Crippen molar-refractivity contribution in [3.8, 4) is 0 Å². The lowest BCUT2D eigenvalue weighted by atomic mass is 10.2. The zero-order valence-corrected chi connectivity index (χ0v) is 15.4. The summed E-state index contributed by atoms with van der Waals surface area (Å²) in [6, 6.07) is 15.4. The SMILES string of the molecule is Cc1ccc(NCN2C(=O)S/C(=C/c3cccc(Br)c3)C2=O)cc1. The molecule has 1 saturated heterocycles. The van der Waals surface area contributed by atoms with Gasteiger partial charge in [-0.1, -0.05) is 45.8 Å². The molecule has 0 radical (unpaired) electrons. The van der Waals surface area contributed by atoms with Crippen LogP contribution in [0.1, 0.15) is 11.1 Å². The number of imide groups is 1. The van der Waals surface area contributed by atoms with Crippen molar-refractivity contribution >= 4 is 50.6 Å². The molecule has 2 amide bonds. The van der Waals surface area contributed by atoms with Crippen molar-refractivity contribution in [2.75, 3.05) is 12.0 Å². The summed E-state index contributed by atoms with van der Waals surface area (Å²) >= 11 is 4.36. The van der Waals surface area contributed by atoms with Gasteiger partial charge >= 0.3 is 0 Å². The van der Waals surface area contributed by atoms with E-state index in [9.17, 15) is 9.59 Å². The Balaban J connectivity index is 1.71. The number of aryl methyl sites for hydroxylation is 1. The van der Waals surface area contributed by atoms with E-state index in [1.807, 2.05) is 55.5 Å². The Hall–Kier alpha value is -2.05. The number of nitrogens with zero attached hydrogens (tertiary/aromatic N) is 1. The lowest BCUT2D eigenvalue weighted by molar-refractivity contribution is -0.122. The van der Waals surface area contributed by atoms with Gasteiger partial charge in [0, 0.05) is 10.2 Å². The zero-order chi connectivity index (χ0) is 17.1. The molecule has 3 rings (SSSR count). The van der Waals surface area contributed by atoms with Gasteiger partial charge in [0.2, 0.25) is 0 Å². The Labute approximate surface area is 153 Å². The monoisotopic (exact) mass is 402 g/mol. The van der Waals surface area contributed by atoms with Crippen molar-refractivity contribution in [2.24, 2.45) is 0 Å². The Morgan fingerprint density at radius 2 is 1.92 bits per heavy atom. The fraction of sp³-hybridized carbons (Fsp3) is 0.111. The van der Waals surface area contributed by atoms with Crippen LogP contribution in [0.3, 0.4) is 0 Å². The van der Waals surface area contributed by atoms with Crippen LogP contribution >= 0.6 is 27.7 Å². The van der Waals surface area contributed by atoms with Crippen LogP contribution in [0, 0.1) is 6.92 Å². The molecular formula is C18H15BrN2O2S. The Kier molecular flexibility index (Phi) is 5.06. The number of anilines is 1. The first-order chi connectivity index (χ1) is 11.5. The molecule has 1 aliphatic rings. The number of hydrogen-bond acceptors (Lipinski definition) is 4. The van der Waals surface area contributed by atoms with Gasteiger partial charge in [0.05, 0.1) is 11.6 Å². The van der Waals surface area contributed by atoms with Crippen molar-refractivity contribution in [3.63, 3.8) is 0 Å². The number of amides is 2. The Morgan fingerprint density at radius 3 is 2.62 bits per heavy atom. The molecule has 0 aromatic heterocycles. The highest BCUT2D eigenvalue weighted by Gasteiger charge is 2.34. The van der Waals surface area contributed by atoms with E-state index in [1.165, 1.54) is 4.90 Å². The summed E-state index contributed by atoms with van der Waals surface area (Å²) in [7, 11) is 0. The van der Waals surface area contributed by atoms with E-state index in [4.69, 9.17) is 0 Å². The highest BCUT2D eigenvalue weighted by Crippen LogP contribution is 2.32. The first kappa shape index (κ1) is 16.8. The average Bonchev–Trinajstić information content (AvgIpc) is 2.81. The van der Waals surface area contributed by atoms with Crippen LogP contribution < -0.4 is 5.32 Å². The van der Waals surface area contributed by atoms with Gasteiger partial charge < -0.3 is 5.32 Å². The Bertz CT molecular complexity index is 818. The predicted molar refractivity (Wildman–Crippen MR) is 102 cm³/mol. The molecule has 0 saturated carbocycles. The third-order valence-corrected chi connectivity index (χ3v) is 4.91. The summed E-state index contributed by atoms with van der Waals surface area (Å²) in [5.74, 6) is -0.274. The molecule has 122 valence electrons. The summed E-state index contributed by atoms with van der Waals surface area (Å²) < 4.78 is 0.927. The molecule has 0 bridgehead atoms. The summed E-state index contributed by atoms with van der Waals surface area (Å²) in [5.41, 5.74) is 2.90. The molecule has 1 N–H and O–H groups in total. The highest BCUT2D eigenvalue weighted by molar-refractivity contribution is 9.10. The number of carbonyl (C=O) groups excluding carboxylic acids is 2. The van der Waals surface area contributed by atoms with Crippen molar-refractivity contribution < 1.29 is 9.59 Å². The normalized spacial score (nSPS) is 16.1. The zero-order valence-electron chi connectivity index (χ0n) is 13.0. The first-order valence-corrected chi connectivity index (χ1v) is 8.95. The van der Waals surface area contributed by atoms with Crippen molar-refractivity contribution in [1.29, 1.82) is 0 Å². The fourth-order valence-corrected chi connectivity index (χ4v) is 3.48. The van der Waals surface area contributed by atoms with E-state index in [-0.39, 0.29) is 17.8 Å². The molecule has 1 fully saturated rings. The van der Waals surface area contributed by atoms with E-state index in [1.54, 1.807) is 6.08 Å². The van der Waals surface area contributed by atoms with Gasteiger partial charge in [-0.05, 0) is 54.6 Å². The van der Waals surface area contributed by atoms with Crippen LogP contribution in [0.4, 0.5) is 10.5 Å². The maximum absolute atomic E-state index is 12.4. The topological polar surface area (TPSA) is 49.4 Å². The quantitative estimate of drug-likeness (QED) is 0.741. The van der Waals surface area contributed by atoms with Gasteiger partial charge in [-0.15, -0.1) is 0 Å². The van der Waals surface area contributed by atoms with Crippen molar-refractivity contribution in [1.82, 2.24) is 4.90 Å². The van der Waals surface area contributed by atoms with Crippen LogP contribution in [0.25, 0.3) is 6.08 Å². The minimum Gasteiger partial charge on any atom is -0.367 e. The van der Waals surface area contributed by atoms with E-state index in [0.717, 1.165) is 33.0 Å². The lowest BCUT2D eigenvalue weighted by Crippen LogP contribution is -2.33. The molecule has 0 aliphatic carbocycles. The van der Waals surface area contributed by atoms with Gasteiger partial charge in [0.1, 0.15) is 0 Å². The summed E-state index contributed by atoms with van der Waals surface area (Å²) in [6.07, 6.45) is 1.74. The maximum Gasteiger partial charge on any atom is 0.295 e. The Morgan fingerprint density at radius 1 is 1.17 bits per heavy atom. The number of rotatable bonds is 4. The second-order valence-electron chi connectivity index (χ2n) is 5.37. The summed E-state index contributed by atoms with van der Waals surface area (Å²) in [4.78, 5) is 26.2. The van der Waals surface area contributed by atoms with Crippen molar-refractivity contribution in [3.05, 3.63) is 69.0 Å². The lowest BCUT2D eigenvalue weighted by Gasteiger charge is -2.14. The molecule has 1 aliphatic heterocycles. The van der Waals surface area contributed by atoms with Gasteiger partial charge in [0.25, 0.3) is 11.1 Å². The largest absolute Gasteiger partial charge is 0.367 e. The second-order valence-corrected chi connectivity index (χ2v) is 7.27. The van der Waals surface area contributed by atoms with Crippen LogP contribution in [0.5, 0.6) is 0 Å². The van der Waals surface area contributed by atoms with E-state index < -0.39 is 0 Å². The minimum atomic E-state index is -0.274. The second kappa shape index (κ2) is 7.23. The summed E-state index contributed by atoms with van der Waals surface area (Å²) in [6.45, 7) is 2.16. The minimum absolute atomic E-state index is 0.156. The molecule has 2 aromatic carbocycles. The van der Waals surface area contributed by atoms with Gasteiger partial charge in [0.15, 0.2) is 0 Å². The molecular weight excluding hydrogens is 388 g/mol. The predicted octanol–water partition coefficient (Wildman–Crippen LogP) is 4.86. The number of benzene rings is 2. The molecule has 0 unspecified atom stereocenters. The van der Waals surface area contributed by atoms with Gasteiger partial charge in [-0.25, -0.2) is 0 Å². The molecule has 2 aromatic rings. The van der Waals surface area contributed by atoms with Crippen LogP contribution in [0.2, 0.25) is 0 Å². The summed E-state index contributed by atoms with van der Waals surface area (Å²) in [5, 5.41) is 2.84. The number of carbonyl (C=O) groups is 2. The first-order valence-electron chi connectivity index (χ1n) is 7.34. The average molecular weight is 403 g/mol. The van der Waals surface area contributed by atoms with Crippen molar-refractivity contribution in [2.45, 2.75) is 6.92 Å². The number of thioether (sulfide) groups is 1. The van der Waals surface area contributed by atoms with E-state index in [0.29, 0.717) is 4.91 Å². The molecule has 0 atom stereocenters. The van der Waals surface area contributed by atoms with Gasteiger partial charge in [-0.2, -0.15) is 0 Å². The standard InChI is InChI=1S/C18H15BrN2O2S/c1-12-5-7-15(8-6-12)20-11-21-17(22)16(24-18(21)23)10-13-3-2-4-14(19)9-13/h2-10,20H,11H2,1H3/b16-10+. The fourth-order valence-electron chi connectivity index (χ4n) is 2.23. The number of nitrogens with one attached hydrogen (secondary N) is 1. The number of hydrogen-bond donors (Lipinski definition) is 1.